The van der Waals surface area contributed by atoms with E-state index in [1.807, 2.05) is 55.4 Å². The summed E-state index contributed by atoms with van der Waals surface area (Å²) in [5.74, 6) is 0.972. The van der Waals surface area contributed by atoms with Crippen LogP contribution in [0.1, 0.15) is 32.3 Å². The number of carbonyl (C=O) groups is 2. The zero-order valence-corrected chi connectivity index (χ0v) is 19.3. The van der Waals surface area contributed by atoms with Crippen LogP contribution in [0.2, 0.25) is 0 Å². The summed E-state index contributed by atoms with van der Waals surface area (Å²) in [6.45, 7) is 7.67. The van der Waals surface area contributed by atoms with Crippen molar-refractivity contribution in [2.75, 3.05) is 44.7 Å². The normalized spacial score (nSPS) is 14.3. The molecule has 2 heterocycles. The summed E-state index contributed by atoms with van der Waals surface area (Å²) in [4.78, 5) is 39.2. The van der Waals surface area contributed by atoms with Crippen molar-refractivity contribution in [1.29, 1.82) is 0 Å². The first kappa shape index (κ1) is 23.7. The van der Waals surface area contributed by atoms with Gasteiger partial charge in [0.2, 0.25) is 17.8 Å². The minimum absolute atomic E-state index is 0.00631. The van der Waals surface area contributed by atoms with Gasteiger partial charge in [0, 0.05) is 63.6 Å². The number of benzene rings is 1. The highest BCUT2D eigenvalue weighted by molar-refractivity contribution is 5.79. The lowest BCUT2D eigenvalue weighted by Gasteiger charge is -2.33. The molecular weight excluding hydrogens is 404 g/mol. The third-order valence-electron chi connectivity index (χ3n) is 6.12. The molecular formula is C24H34N6O2. The summed E-state index contributed by atoms with van der Waals surface area (Å²) in [6.07, 6.45) is 5.34. The van der Waals surface area contributed by atoms with E-state index in [1.54, 1.807) is 11.9 Å². The molecule has 8 nitrogen and oxygen atoms in total. The van der Waals surface area contributed by atoms with Gasteiger partial charge in [0.1, 0.15) is 0 Å². The summed E-state index contributed by atoms with van der Waals surface area (Å²) in [5, 5.41) is 0. The largest absolute Gasteiger partial charge is 0.343 e. The van der Waals surface area contributed by atoms with E-state index in [-0.39, 0.29) is 24.3 Å². The molecule has 0 unspecified atom stereocenters. The van der Waals surface area contributed by atoms with Crippen molar-refractivity contribution in [1.82, 2.24) is 19.8 Å². The number of aromatic nitrogens is 2. The molecule has 3 rings (SSSR count). The zero-order chi connectivity index (χ0) is 23.1. The Balaban J connectivity index is 1.62. The Kier molecular flexibility index (Phi) is 8.16. The van der Waals surface area contributed by atoms with Crippen molar-refractivity contribution in [2.45, 2.75) is 33.2 Å². The summed E-state index contributed by atoms with van der Waals surface area (Å²) in [5.41, 5.74) is 8.40. The van der Waals surface area contributed by atoms with Gasteiger partial charge in [0.15, 0.2) is 0 Å². The van der Waals surface area contributed by atoms with Crippen LogP contribution in [0.5, 0.6) is 0 Å². The van der Waals surface area contributed by atoms with Gasteiger partial charge in [0.05, 0.1) is 6.54 Å². The van der Waals surface area contributed by atoms with Crippen LogP contribution in [-0.2, 0) is 16.1 Å². The number of hydrogen-bond donors (Lipinski definition) is 1. The lowest BCUT2D eigenvalue weighted by molar-refractivity contribution is -0.135. The molecule has 0 spiro atoms. The second-order valence-corrected chi connectivity index (χ2v) is 8.20. The van der Waals surface area contributed by atoms with Gasteiger partial charge in [-0.3, -0.25) is 9.59 Å². The highest BCUT2D eigenvalue weighted by Gasteiger charge is 2.28. The molecule has 2 N–H and O–H groups in total. The number of piperidine rings is 1. The average molecular weight is 439 g/mol. The highest BCUT2D eigenvalue weighted by atomic mass is 16.2. The number of amides is 2. The van der Waals surface area contributed by atoms with Gasteiger partial charge in [-0.1, -0.05) is 18.2 Å². The molecule has 8 heteroatoms. The number of rotatable bonds is 8. The Morgan fingerprint density at radius 3 is 2.34 bits per heavy atom. The molecule has 0 atom stereocenters. The monoisotopic (exact) mass is 438 g/mol. The summed E-state index contributed by atoms with van der Waals surface area (Å²) in [7, 11) is 1.75. The number of anilines is 1. The van der Waals surface area contributed by atoms with Crippen LogP contribution < -0.4 is 10.6 Å². The molecule has 1 aliphatic rings. The Morgan fingerprint density at radius 1 is 1.09 bits per heavy atom. The second-order valence-electron chi connectivity index (χ2n) is 8.20. The molecule has 1 fully saturated rings. The van der Waals surface area contributed by atoms with Gasteiger partial charge < -0.3 is 20.4 Å². The Labute approximate surface area is 190 Å². The average Bonchev–Trinajstić information content (AvgIpc) is 2.84. The maximum atomic E-state index is 12.6. The highest BCUT2D eigenvalue weighted by Crippen LogP contribution is 2.24. The summed E-state index contributed by atoms with van der Waals surface area (Å²) >= 11 is 0. The van der Waals surface area contributed by atoms with Crippen LogP contribution in [-0.4, -0.2) is 71.4 Å². The Morgan fingerprint density at radius 2 is 1.75 bits per heavy atom. The Hall–Kier alpha value is -3.00. The molecule has 2 amide bonds. The predicted octanol–water partition coefficient (Wildman–Crippen LogP) is 2.15. The molecule has 2 aromatic rings. The van der Waals surface area contributed by atoms with E-state index in [0.717, 1.165) is 55.7 Å². The summed E-state index contributed by atoms with van der Waals surface area (Å²) < 4.78 is 0. The van der Waals surface area contributed by atoms with Crippen molar-refractivity contribution in [3.05, 3.63) is 42.2 Å². The van der Waals surface area contributed by atoms with Crippen molar-refractivity contribution in [3.63, 3.8) is 0 Å². The third kappa shape index (κ3) is 5.62. The topological polar surface area (TPSA) is 95.7 Å². The van der Waals surface area contributed by atoms with Crippen molar-refractivity contribution in [3.8, 4) is 11.1 Å². The van der Waals surface area contributed by atoms with E-state index >= 15 is 0 Å². The minimum Gasteiger partial charge on any atom is -0.343 e. The molecule has 0 aliphatic carbocycles. The first-order valence-electron chi connectivity index (χ1n) is 11.4. The smallest absolute Gasteiger partial charge is 0.236 e. The predicted molar refractivity (Wildman–Crippen MR) is 126 cm³/mol. The van der Waals surface area contributed by atoms with Gasteiger partial charge in [0.25, 0.3) is 0 Å². The van der Waals surface area contributed by atoms with Gasteiger partial charge >= 0.3 is 0 Å². The first-order chi connectivity index (χ1) is 15.5. The van der Waals surface area contributed by atoms with Crippen LogP contribution in [0.25, 0.3) is 11.1 Å². The molecule has 1 aliphatic heterocycles. The van der Waals surface area contributed by atoms with E-state index in [2.05, 4.69) is 14.9 Å². The lowest BCUT2D eigenvalue weighted by atomic mass is 9.95. The number of nitrogens with zero attached hydrogens (tertiary/aromatic N) is 5. The van der Waals surface area contributed by atoms with Crippen molar-refractivity contribution in [2.24, 2.45) is 11.7 Å². The van der Waals surface area contributed by atoms with Crippen LogP contribution in [0.3, 0.4) is 0 Å². The van der Waals surface area contributed by atoms with E-state index in [9.17, 15) is 9.59 Å². The van der Waals surface area contributed by atoms with Gasteiger partial charge in [-0.25, -0.2) is 9.97 Å². The van der Waals surface area contributed by atoms with E-state index in [1.165, 1.54) is 0 Å². The molecule has 0 bridgehead atoms. The van der Waals surface area contributed by atoms with Crippen molar-refractivity contribution < 1.29 is 9.59 Å². The van der Waals surface area contributed by atoms with Crippen molar-refractivity contribution >= 4 is 17.8 Å². The Bertz CT molecular complexity index is 905. The molecule has 1 saturated heterocycles. The zero-order valence-electron chi connectivity index (χ0n) is 19.3. The van der Waals surface area contributed by atoms with E-state index in [0.29, 0.717) is 12.5 Å². The molecule has 0 radical (unpaired) electrons. The fourth-order valence-electron chi connectivity index (χ4n) is 4.12. The molecule has 32 heavy (non-hydrogen) atoms. The van der Waals surface area contributed by atoms with E-state index < -0.39 is 0 Å². The molecule has 172 valence electrons. The maximum Gasteiger partial charge on any atom is 0.236 e. The number of carbonyl (C=O) groups excluding carboxylic acids is 2. The van der Waals surface area contributed by atoms with Crippen LogP contribution in [0, 0.1) is 5.92 Å². The lowest BCUT2D eigenvalue weighted by Crippen LogP contribution is -2.43. The number of likely N-dealkylation sites (N-methyl/N-ethyl adjacent to an activating group) is 1. The van der Waals surface area contributed by atoms with Crippen LogP contribution >= 0.6 is 0 Å². The number of hydrogen-bond acceptors (Lipinski definition) is 6. The molecule has 0 saturated carbocycles. The maximum absolute atomic E-state index is 12.6. The third-order valence-corrected chi connectivity index (χ3v) is 6.12. The van der Waals surface area contributed by atoms with E-state index in [4.69, 9.17) is 5.73 Å². The number of nitrogens with two attached hydrogens (primary N) is 1. The molecule has 1 aromatic heterocycles. The van der Waals surface area contributed by atoms with Crippen LogP contribution in [0.4, 0.5) is 5.95 Å². The second kappa shape index (κ2) is 11.0. The van der Waals surface area contributed by atoms with Gasteiger partial charge in [-0.15, -0.1) is 0 Å². The van der Waals surface area contributed by atoms with Gasteiger partial charge in [-0.05, 0) is 43.9 Å². The molecule has 1 aromatic carbocycles. The summed E-state index contributed by atoms with van der Waals surface area (Å²) in [6, 6.07) is 8.01. The van der Waals surface area contributed by atoms with Crippen LogP contribution in [0.15, 0.2) is 36.7 Å². The fraction of sp³-hybridized carbons (Fsp3) is 0.500. The fourth-order valence-corrected chi connectivity index (χ4v) is 4.12. The standard InChI is InChI=1S/C24H34N6O2/c1-4-29(5-2)23(32)19-9-11-30(12-10-19)24-26-15-21(16-27-24)20-8-6-7-18(13-20)17-28(3)22(31)14-25/h6-8,13,15-16,19H,4-5,9-12,14,17,25H2,1-3H3. The van der Waals surface area contributed by atoms with Gasteiger partial charge in [-0.2, -0.15) is 0 Å². The SMILES string of the molecule is CCN(CC)C(=O)C1CCN(c2ncc(-c3cccc(CN(C)C(=O)CN)c3)cn2)CC1. The minimum atomic E-state index is -0.0920. The first-order valence-corrected chi connectivity index (χ1v) is 11.4. The quantitative estimate of drug-likeness (QED) is 0.678.